The Morgan fingerprint density at radius 3 is 2.37 bits per heavy atom. The van der Waals surface area contributed by atoms with Crippen LogP contribution in [0, 0.1) is 6.92 Å². The Kier molecular flexibility index (Phi) is 3.45. The van der Waals surface area contributed by atoms with Crippen LogP contribution in [0.1, 0.15) is 18.1 Å². The van der Waals surface area contributed by atoms with Crippen molar-refractivity contribution in [3.8, 4) is 0 Å². The molecule has 0 aromatic heterocycles. The molecule has 1 aromatic rings. The molecule has 2 amide bonds. The van der Waals surface area contributed by atoms with Crippen LogP contribution in [-0.4, -0.2) is 36.1 Å². The summed E-state index contributed by atoms with van der Waals surface area (Å²) in [4.78, 5) is 24.7. The molecule has 19 heavy (non-hydrogen) atoms. The number of benzene rings is 1. The van der Waals surface area contributed by atoms with Crippen molar-refractivity contribution in [3.05, 3.63) is 35.4 Å². The fourth-order valence-corrected chi connectivity index (χ4v) is 3.10. The van der Waals surface area contributed by atoms with Gasteiger partial charge < -0.3 is 0 Å². The van der Waals surface area contributed by atoms with Gasteiger partial charge in [-0.1, -0.05) is 29.8 Å². The van der Waals surface area contributed by atoms with Crippen LogP contribution >= 0.6 is 0 Å². The lowest BCUT2D eigenvalue weighted by molar-refractivity contribution is -0.144. The number of carbonyl (C=O) groups is 2. The Bertz CT molecular complexity index is 619. The fourth-order valence-electron chi connectivity index (χ4n) is 1.91. The summed E-state index contributed by atoms with van der Waals surface area (Å²) in [7, 11) is -3.63. The van der Waals surface area contributed by atoms with Crippen molar-refractivity contribution < 1.29 is 18.0 Å². The summed E-state index contributed by atoms with van der Waals surface area (Å²) < 4.78 is 23.2. The molecule has 1 aromatic carbocycles. The number of imide groups is 1. The quantitative estimate of drug-likeness (QED) is 0.747. The average molecular weight is 281 g/mol. The predicted molar refractivity (Wildman–Crippen MR) is 70.0 cm³/mol. The number of sulfone groups is 1. The maximum atomic E-state index is 11.9. The van der Waals surface area contributed by atoms with Gasteiger partial charge in [0.15, 0.2) is 9.84 Å². The van der Waals surface area contributed by atoms with Gasteiger partial charge in [-0.3, -0.25) is 14.5 Å². The van der Waals surface area contributed by atoms with Gasteiger partial charge in [0.05, 0.1) is 6.54 Å². The minimum Gasteiger partial charge on any atom is -0.276 e. The number of carbonyl (C=O) groups excluding carboxylic acids is 2. The molecule has 1 heterocycles. The lowest BCUT2D eigenvalue weighted by Crippen LogP contribution is -2.53. The van der Waals surface area contributed by atoms with Crippen molar-refractivity contribution in [1.29, 1.82) is 0 Å². The highest BCUT2D eigenvalue weighted by Crippen LogP contribution is 2.17. The van der Waals surface area contributed by atoms with Crippen molar-refractivity contribution in [1.82, 2.24) is 4.90 Å². The number of aryl methyl sites for hydroxylation is 1. The topological polar surface area (TPSA) is 71.5 Å². The normalized spacial score (nSPS) is 22.6. The van der Waals surface area contributed by atoms with Crippen molar-refractivity contribution in [2.45, 2.75) is 25.6 Å². The number of hydrogen-bond acceptors (Lipinski definition) is 4. The monoisotopic (exact) mass is 281 g/mol. The van der Waals surface area contributed by atoms with E-state index >= 15 is 0 Å². The minimum absolute atomic E-state index is 0.123. The van der Waals surface area contributed by atoms with Crippen LogP contribution in [-0.2, 0) is 26.0 Å². The van der Waals surface area contributed by atoms with Crippen LogP contribution in [0.5, 0.6) is 0 Å². The second-order valence-electron chi connectivity index (χ2n) is 4.75. The molecule has 5 nitrogen and oxygen atoms in total. The molecule has 2 rings (SSSR count). The first-order valence-electron chi connectivity index (χ1n) is 5.92. The van der Waals surface area contributed by atoms with Gasteiger partial charge in [0.25, 0.3) is 0 Å². The summed E-state index contributed by atoms with van der Waals surface area (Å²) in [6.07, 6.45) is 0. The summed E-state index contributed by atoms with van der Waals surface area (Å²) in [6, 6.07) is 7.41. The van der Waals surface area contributed by atoms with Crippen molar-refractivity contribution in [3.63, 3.8) is 0 Å². The smallest absolute Gasteiger partial charge is 0.247 e. The summed E-state index contributed by atoms with van der Waals surface area (Å²) in [5, 5.41) is -1.14. The van der Waals surface area contributed by atoms with Crippen molar-refractivity contribution >= 4 is 21.7 Å². The summed E-state index contributed by atoms with van der Waals surface area (Å²) in [5.74, 6) is -1.88. The zero-order valence-electron chi connectivity index (χ0n) is 10.8. The van der Waals surface area contributed by atoms with E-state index in [1.165, 1.54) is 6.92 Å². The zero-order valence-corrected chi connectivity index (χ0v) is 11.6. The molecule has 1 saturated heterocycles. The fraction of sp³-hybridized carbons (Fsp3) is 0.385. The number of hydrogen-bond donors (Lipinski definition) is 0. The van der Waals surface area contributed by atoms with Gasteiger partial charge in [-0.15, -0.1) is 0 Å². The van der Waals surface area contributed by atoms with Gasteiger partial charge in [-0.05, 0) is 19.4 Å². The predicted octanol–water partition coefficient (Wildman–Crippen LogP) is 0.667. The second kappa shape index (κ2) is 4.77. The number of rotatable bonds is 2. The standard InChI is InChI=1S/C13H15NO4S/c1-9-3-5-11(6-4-9)7-14-12(15)8-19(17,18)10(2)13(14)16/h3-6,10H,7-8H2,1-2H3/t10-/m0/s1. The van der Waals surface area contributed by atoms with E-state index in [1.807, 2.05) is 31.2 Å². The molecule has 1 fully saturated rings. The third kappa shape index (κ3) is 2.68. The summed E-state index contributed by atoms with van der Waals surface area (Å²) in [6.45, 7) is 3.39. The van der Waals surface area contributed by atoms with Gasteiger partial charge >= 0.3 is 0 Å². The number of amides is 2. The molecule has 1 atom stereocenters. The Morgan fingerprint density at radius 1 is 1.21 bits per heavy atom. The van der Waals surface area contributed by atoms with Crippen molar-refractivity contribution in [2.24, 2.45) is 0 Å². The lowest BCUT2D eigenvalue weighted by atomic mass is 10.1. The zero-order chi connectivity index (χ0) is 14.2. The highest BCUT2D eigenvalue weighted by atomic mass is 32.2. The van der Waals surface area contributed by atoms with E-state index in [2.05, 4.69) is 0 Å². The maximum absolute atomic E-state index is 11.9. The third-order valence-electron chi connectivity index (χ3n) is 3.24. The van der Waals surface area contributed by atoms with Gasteiger partial charge in [0.2, 0.25) is 11.8 Å². The highest BCUT2D eigenvalue weighted by molar-refractivity contribution is 7.93. The van der Waals surface area contributed by atoms with Crippen LogP contribution in [0.4, 0.5) is 0 Å². The van der Waals surface area contributed by atoms with Crippen LogP contribution in [0.2, 0.25) is 0 Å². The van der Waals surface area contributed by atoms with E-state index in [9.17, 15) is 18.0 Å². The molecule has 102 valence electrons. The van der Waals surface area contributed by atoms with Crippen molar-refractivity contribution in [2.75, 3.05) is 5.75 Å². The van der Waals surface area contributed by atoms with E-state index in [4.69, 9.17) is 0 Å². The Hall–Kier alpha value is -1.69. The third-order valence-corrected chi connectivity index (χ3v) is 5.17. The molecule has 0 radical (unpaired) electrons. The molecular formula is C13H15NO4S. The van der Waals surface area contributed by atoms with E-state index in [0.717, 1.165) is 16.0 Å². The van der Waals surface area contributed by atoms with E-state index in [0.29, 0.717) is 0 Å². The Labute approximate surface area is 112 Å². The molecule has 0 N–H and O–H groups in total. The SMILES string of the molecule is Cc1ccc(CN2C(=O)CS(=O)(=O)[C@@H](C)C2=O)cc1. The summed E-state index contributed by atoms with van der Waals surface area (Å²) in [5.41, 5.74) is 1.88. The highest BCUT2D eigenvalue weighted by Gasteiger charge is 2.42. The lowest BCUT2D eigenvalue weighted by Gasteiger charge is -2.28. The molecule has 1 aliphatic heterocycles. The molecular weight excluding hydrogens is 266 g/mol. The molecule has 1 aliphatic rings. The maximum Gasteiger partial charge on any atom is 0.247 e. The van der Waals surface area contributed by atoms with Crippen LogP contribution in [0.3, 0.4) is 0 Å². The van der Waals surface area contributed by atoms with Crippen LogP contribution < -0.4 is 0 Å². The average Bonchev–Trinajstić information content (AvgIpc) is 2.34. The van der Waals surface area contributed by atoms with E-state index < -0.39 is 32.7 Å². The molecule has 0 bridgehead atoms. The van der Waals surface area contributed by atoms with Gasteiger partial charge in [0.1, 0.15) is 11.0 Å². The Balaban J connectivity index is 2.23. The Morgan fingerprint density at radius 2 is 1.79 bits per heavy atom. The second-order valence-corrected chi connectivity index (χ2v) is 7.07. The molecule has 0 unspecified atom stereocenters. The number of nitrogens with zero attached hydrogens (tertiary/aromatic N) is 1. The first-order chi connectivity index (χ1) is 8.81. The molecule has 0 spiro atoms. The molecule has 0 aliphatic carbocycles. The molecule has 6 heteroatoms. The molecule has 0 saturated carbocycles. The van der Waals surface area contributed by atoms with Gasteiger partial charge in [-0.2, -0.15) is 0 Å². The van der Waals surface area contributed by atoms with Crippen LogP contribution in [0.15, 0.2) is 24.3 Å². The first kappa shape index (κ1) is 13.7. The minimum atomic E-state index is -3.63. The first-order valence-corrected chi connectivity index (χ1v) is 7.64. The van der Waals surface area contributed by atoms with E-state index in [-0.39, 0.29) is 6.54 Å². The largest absolute Gasteiger partial charge is 0.276 e. The van der Waals surface area contributed by atoms with Gasteiger partial charge in [-0.25, -0.2) is 8.42 Å². The van der Waals surface area contributed by atoms with E-state index in [1.54, 1.807) is 0 Å². The summed E-state index contributed by atoms with van der Waals surface area (Å²) >= 11 is 0. The van der Waals surface area contributed by atoms with Gasteiger partial charge in [0, 0.05) is 0 Å². The van der Waals surface area contributed by atoms with Crippen LogP contribution in [0.25, 0.3) is 0 Å².